The molecule has 0 aliphatic carbocycles. The second-order valence-corrected chi connectivity index (χ2v) is 4.78. The summed E-state index contributed by atoms with van der Waals surface area (Å²) in [5.74, 6) is 1.67. The van der Waals surface area contributed by atoms with Crippen LogP contribution < -0.4 is 14.8 Å². The lowest BCUT2D eigenvalue weighted by molar-refractivity contribution is 0.299. The van der Waals surface area contributed by atoms with Gasteiger partial charge in [-0.25, -0.2) is 0 Å². The highest BCUT2D eigenvalue weighted by molar-refractivity contribution is 5.41. The van der Waals surface area contributed by atoms with Gasteiger partial charge < -0.3 is 14.8 Å². The lowest BCUT2D eigenvalue weighted by atomic mass is 10.1. The molecule has 0 atom stereocenters. The van der Waals surface area contributed by atoms with E-state index in [1.54, 1.807) is 7.11 Å². The number of ether oxygens (including phenoxy) is 2. The van der Waals surface area contributed by atoms with Gasteiger partial charge in [0, 0.05) is 18.2 Å². The van der Waals surface area contributed by atoms with Crippen LogP contribution in [0.15, 0.2) is 42.5 Å². The molecule has 106 valence electrons. The van der Waals surface area contributed by atoms with Crippen molar-refractivity contribution in [3.8, 4) is 11.5 Å². The largest absolute Gasteiger partial charge is 0.497 e. The molecule has 0 heterocycles. The van der Waals surface area contributed by atoms with Crippen LogP contribution in [-0.2, 0) is 13.2 Å². The van der Waals surface area contributed by atoms with Crippen LogP contribution in [0.25, 0.3) is 0 Å². The van der Waals surface area contributed by atoms with Gasteiger partial charge in [0.05, 0.1) is 7.11 Å². The molecule has 2 rings (SSSR count). The average Bonchev–Trinajstić information content (AvgIpc) is 2.46. The van der Waals surface area contributed by atoms with E-state index < -0.39 is 0 Å². The maximum atomic E-state index is 5.95. The summed E-state index contributed by atoms with van der Waals surface area (Å²) < 4.78 is 11.2. The minimum atomic E-state index is 0.561. The van der Waals surface area contributed by atoms with Crippen LogP contribution in [0.1, 0.15) is 16.7 Å². The molecule has 3 nitrogen and oxygen atoms in total. The first-order chi connectivity index (χ1) is 9.72. The van der Waals surface area contributed by atoms with Gasteiger partial charge in [-0.05, 0) is 25.6 Å². The molecule has 0 aliphatic rings. The summed E-state index contributed by atoms with van der Waals surface area (Å²) in [5, 5.41) is 3.15. The molecule has 0 saturated heterocycles. The molecule has 0 aromatic heterocycles. The Balaban J connectivity index is 2.14. The van der Waals surface area contributed by atoms with Crippen molar-refractivity contribution in [3.05, 3.63) is 59.2 Å². The van der Waals surface area contributed by atoms with E-state index >= 15 is 0 Å². The van der Waals surface area contributed by atoms with E-state index in [9.17, 15) is 0 Å². The van der Waals surface area contributed by atoms with Crippen LogP contribution in [0.4, 0.5) is 0 Å². The minimum Gasteiger partial charge on any atom is -0.497 e. The summed E-state index contributed by atoms with van der Waals surface area (Å²) in [4.78, 5) is 0. The van der Waals surface area contributed by atoms with Gasteiger partial charge in [-0.15, -0.1) is 0 Å². The van der Waals surface area contributed by atoms with Crippen molar-refractivity contribution < 1.29 is 9.47 Å². The summed E-state index contributed by atoms with van der Waals surface area (Å²) in [7, 11) is 3.59. The van der Waals surface area contributed by atoms with E-state index in [4.69, 9.17) is 9.47 Å². The monoisotopic (exact) mass is 271 g/mol. The molecule has 20 heavy (non-hydrogen) atoms. The van der Waals surface area contributed by atoms with Gasteiger partial charge in [-0.3, -0.25) is 0 Å². The van der Waals surface area contributed by atoms with Gasteiger partial charge >= 0.3 is 0 Å². The number of nitrogens with one attached hydrogen (secondary N) is 1. The normalized spacial score (nSPS) is 10.3. The summed E-state index contributed by atoms with van der Waals surface area (Å²) in [6.45, 7) is 3.42. The Morgan fingerprint density at radius 2 is 1.95 bits per heavy atom. The molecule has 0 bridgehead atoms. The van der Waals surface area contributed by atoms with E-state index in [0.29, 0.717) is 6.61 Å². The van der Waals surface area contributed by atoms with Crippen LogP contribution in [0.2, 0.25) is 0 Å². The number of methoxy groups -OCH3 is 1. The summed E-state index contributed by atoms with van der Waals surface area (Å²) in [6.07, 6.45) is 0. The highest BCUT2D eigenvalue weighted by Crippen LogP contribution is 2.25. The van der Waals surface area contributed by atoms with Gasteiger partial charge in [0.2, 0.25) is 0 Å². The number of aryl methyl sites for hydroxylation is 1. The first kappa shape index (κ1) is 14.4. The molecule has 0 unspecified atom stereocenters. The Morgan fingerprint density at radius 1 is 1.10 bits per heavy atom. The van der Waals surface area contributed by atoms with E-state index in [1.165, 1.54) is 11.1 Å². The number of hydrogen-bond donors (Lipinski definition) is 1. The van der Waals surface area contributed by atoms with Crippen LogP contribution in [-0.4, -0.2) is 14.2 Å². The van der Waals surface area contributed by atoms with E-state index in [0.717, 1.165) is 23.6 Å². The third kappa shape index (κ3) is 3.75. The molecule has 0 amide bonds. The van der Waals surface area contributed by atoms with Crippen LogP contribution in [0.5, 0.6) is 11.5 Å². The molecule has 0 saturated carbocycles. The Kier molecular flexibility index (Phi) is 5.02. The van der Waals surface area contributed by atoms with Crippen molar-refractivity contribution in [1.29, 1.82) is 0 Å². The molecule has 0 radical (unpaired) electrons. The van der Waals surface area contributed by atoms with Crippen LogP contribution in [0.3, 0.4) is 0 Å². The number of hydrogen-bond acceptors (Lipinski definition) is 3. The smallest absolute Gasteiger partial charge is 0.127 e. The lowest BCUT2D eigenvalue weighted by Gasteiger charge is -2.13. The zero-order valence-corrected chi connectivity index (χ0v) is 12.3. The molecule has 0 spiro atoms. The van der Waals surface area contributed by atoms with Crippen LogP contribution in [0, 0.1) is 6.92 Å². The standard InChI is InChI=1S/C17H21NO2/c1-13-5-4-6-14(9-13)12-20-17-10-16(19-3)8-7-15(17)11-18-2/h4-10,18H,11-12H2,1-3H3. The molecular weight excluding hydrogens is 250 g/mol. The molecule has 1 N–H and O–H groups in total. The Morgan fingerprint density at radius 3 is 2.65 bits per heavy atom. The van der Waals surface area contributed by atoms with Crippen molar-refractivity contribution in [2.45, 2.75) is 20.1 Å². The first-order valence-corrected chi connectivity index (χ1v) is 6.73. The average molecular weight is 271 g/mol. The summed E-state index contributed by atoms with van der Waals surface area (Å²) >= 11 is 0. The molecule has 0 fully saturated rings. The lowest BCUT2D eigenvalue weighted by Crippen LogP contribution is -2.07. The topological polar surface area (TPSA) is 30.5 Å². The predicted molar refractivity (Wildman–Crippen MR) is 81.3 cm³/mol. The van der Waals surface area contributed by atoms with Gasteiger partial charge in [-0.1, -0.05) is 35.9 Å². The minimum absolute atomic E-state index is 0.561. The van der Waals surface area contributed by atoms with Gasteiger partial charge in [0.1, 0.15) is 18.1 Å². The molecule has 3 heteroatoms. The quantitative estimate of drug-likeness (QED) is 0.874. The summed E-state index contributed by atoms with van der Waals surface area (Å²) in [5.41, 5.74) is 3.54. The van der Waals surface area contributed by atoms with Gasteiger partial charge in [0.15, 0.2) is 0 Å². The molecular formula is C17H21NO2. The SMILES string of the molecule is CNCc1ccc(OC)cc1OCc1cccc(C)c1. The van der Waals surface area contributed by atoms with Crippen molar-refractivity contribution in [1.82, 2.24) is 5.32 Å². The molecule has 0 aliphatic heterocycles. The van der Waals surface area contributed by atoms with Gasteiger partial charge in [0.25, 0.3) is 0 Å². The molecule has 2 aromatic rings. The fraction of sp³-hybridized carbons (Fsp3) is 0.294. The van der Waals surface area contributed by atoms with Gasteiger partial charge in [-0.2, -0.15) is 0 Å². The zero-order chi connectivity index (χ0) is 14.4. The second-order valence-electron chi connectivity index (χ2n) is 4.78. The van der Waals surface area contributed by atoms with Crippen molar-refractivity contribution in [2.75, 3.05) is 14.2 Å². The highest BCUT2D eigenvalue weighted by atomic mass is 16.5. The second kappa shape index (κ2) is 6.96. The van der Waals surface area contributed by atoms with Crippen molar-refractivity contribution in [2.24, 2.45) is 0 Å². The van der Waals surface area contributed by atoms with E-state index in [1.807, 2.05) is 31.3 Å². The van der Waals surface area contributed by atoms with Crippen molar-refractivity contribution in [3.63, 3.8) is 0 Å². The third-order valence-electron chi connectivity index (χ3n) is 3.12. The Bertz CT molecular complexity index is 567. The van der Waals surface area contributed by atoms with Crippen LogP contribution >= 0.6 is 0 Å². The summed E-state index contributed by atoms with van der Waals surface area (Å²) in [6, 6.07) is 14.3. The van der Waals surface area contributed by atoms with Crippen molar-refractivity contribution >= 4 is 0 Å². The maximum Gasteiger partial charge on any atom is 0.127 e. The Hall–Kier alpha value is -2.00. The fourth-order valence-corrected chi connectivity index (χ4v) is 2.10. The number of benzene rings is 2. The molecule has 2 aromatic carbocycles. The third-order valence-corrected chi connectivity index (χ3v) is 3.12. The zero-order valence-electron chi connectivity index (χ0n) is 12.3. The number of rotatable bonds is 6. The fourth-order valence-electron chi connectivity index (χ4n) is 2.10. The maximum absolute atomic E-state index is 5.95. The predicted octanol–water partition coefficient (Wildman–Crippen LogP) is 3.30. The highest BCUT2D eigenvalue weighted by Gasteiger charge is 2.06. The Labute approximate surface area is 120 Å². The van der Waals surface area contributed by atoms with E-state index in [2.05, 4.69) is 30.4 Å². The van der Waals surface area contributed by atoms with E-state index in [-0.39, 0.29) is 0 Å². The first-order valence-electron chi connectivity index (χ1n) is 6.73.